The van der Waals surface area contributed by atoms with Gasteiger partial charge in [-0.05, 0) is 42.2 Å². The molecule has 0 radical (unpaired) electrons. The van der Waals surface area contributed by atoms with Crippen molar-refractivity contribution in [2.45, 2.75) is 68.1 Å². The van der Waals surface area contributed by atoms with Crippen molar-refractivity contribution in [2.75, 3.05) is 0 Å². The minimum Gasteiger partial charge on any atom is -0.0589 e. The fourth-order valence-electron chi connectivity index (χ4n) is 7.38. The molecule has 8 rings (SSSR count). The average Bonchev–Trinajstić information content (AvgIpc) is 3.78. The van der Waals surface area contributed by atoms with E-state index in [1.165, 1.54) is 27.8 Å². The van der Waals surface area contributed by atoms with Crippen molar-refractivity contribution in [3.63, 3.8) is 0 Å². The number of alkyl halides is 2. The first-order valence-electron chi connectivity index (χ1n) is 18.3. The van der Waals surface area contributed by atoms with Crippen molar-refractivity contribution in [1.82, 2.24) is 0 Å². The molecule has 0 saturated carbocycles. The standard InChI is InChI=1S/C47H41Br2N2O2.Pd/c1-28-8-16-32(17-9-28)36-6-5-7-37(24-36)44-46(34-20-12-30(3)13-21-34)52-41(50-44)27-42-51-45(47(53-42)35-22-14-31(4)15-23-35)39-25-38(26-40(48)43(39)49)33-18-10-29(2)11-19-33;/h5-18,20-26,40,43-47H,27H2,1-4H3;/t40?,43?,44-,45-,46?,47?;/m1./s1. The molecule has 0 aromatic heterocycles. The number of nitrogens with zero attached hydrogens (tertiary/aromatic N) is 2. The molecule has 0 fully saturated rings. The van der Waals surface area contributed by atoms with E-state index in [0.29, 0.717) is 18.2 Å². The van der Waals surface area contributed by atoms with Gasteiger partial charge in [0, 0.05) is 0 Å². The van der Waals surface area contributed by atoms with Crippen molar-refractivity contribution in [1.29, 1.82) is 0 Å². The number of ether oxygens (including phenoxy) is 2. The summed E-state index contributed by atoms with van der Waals surface area (Å²) in [5, 5.41) is 0. The van der Waals surface area contributed by atoms with Gasteiger partial charge >= 0.3 is 229 Å². The van der Waals surface area contributed by atoms with Crippen LogP contribution in [0, 0.1) is 27.7 Å². The third kappa shape index (κ3) is 7.80. The number of aliphatic imine (C=N–C) groups is 2. The summed E-state index contributed by atoms with van der Waals surface area (Å²) >= 11 is 11.5. The molecule has 54 heavy (non-hydrogen) atoms. The quantitative estimate of drug-likeness (QED) is 0.115. The van der Waals surface area contributed by atoms with Crippen LogP contribution in [0.25, 0.3) is 16.7 Å². The van der Waals surface area contributed by atoms with E-state index in [1.54, 1.807) is 0 Å². The van der Waals surface area contributed by atoms with Gasteiger partial charge in [0.1, 0.15) is 0 Å². The normalized spacial score (nSPS) is 23.6. The van der Waals surface area contributed by atoms with E-state index in [0.717, 1.165) is 43.0 Å². The Morgan fingerprint density at radius 1 is 0.593 bits per heavy atom. The molecule has 1 aliphatic carbocycles. The van der Waals surface area contributed by atoms with E-state index in [-0.39, 0.29) is 33.9 Å². The summed E-state index contributed by atoms with van der Waals surface area (Å²) in [4.78, 5) is 10.7. The zero-order valence-corrected chi connectivity index (χ0v) is 35.3. The first-order chi connectivity index (χ1) is 26.1. The topological polar surface area (TPSA) is 43.2 Å². The van der Waals surface area contributed by atoms with Crippen LogP contribution in [0.2, 0.25) is 0 Å². The van der Waals surface area contributed by atoms with Gasteiger partial charge in [0.2, 0.25) is 0 Å². The second-order valence-electron chi connectivity index (χ2n) is 14.6. The number of hydrogen-bond donors (Lipinski definition) is 0. The zero-order chi connectivity index (χ0) is 37.5. The Balaban J connectivity index is 1.15. The monoisotopic (exact) mass is 929 g/mol. The molecule has 2 aliphatic heterocycles. The van der Waals surface area contributed by atoms with E-state index in [4.69, 9.17) is 19.5 Å². The number of aryl methyl sites for hydroxylation is 4. The van der Waals surface area contributed by atoms with Gasteiger partial charge in [-0.15, -0.1) is 0 Å². The molecule has 4 nitrogen and oxygen atoms in total. The molecule has 0 spiro atoms. The van der Waals surface area contributed by atoms with Gasteiger partial charge in [-0.3, -0.25) is 0 Å². The second-order valence-corrected chi connectivity index (χ2v) is 17.4. The molecule has 5 aromatic rings. The number of hydrogen-bond acceptors (Lipinski definition) is 4. The molecule has 0 N–H and O–H groups in total. The van der Waals surface area contributed by atoms with Crippen LogP contribution in [0.3, 0.4) is 0 Å². The molecular formula is C47H41Br2N2O2Pd. The SMILES string of the molecule is Cc1ccc(-c2cccc([C@H]3N=C(CC4=N[C@H](C5=CC(c6ccc(C)c[c]6[Pd])=CC(Br)C5Br)C(c5ccc(C)cc5)O4)OC3c3ccc(C)cc3)c2)cc1. The molecular weight excluding hydrogens is 891 g/mol. The van der Waals surface area contributed by atoms with E-state index >= 15 is 0 Å². The maximum absolute atomic E-state index is 6.85. The number of benzene rings is 5. The van der Waals surface area contributed by atoms with Gasteiger partial charge in [-0.2, -0.15) is 0 Å². The fraction of sp³-hybridized carbons (Fsp3) is 0.234. The van der Waals surface area contributed by atoms with Gasteiger partial charge < -0.3 is 0 Å². The van der Waals surface area contributed by atoms with Gasteiger partial charge in [0.15, 0.2) is 0 Å². The van der Waals surface area contributed by atoms with E-state index < -0.39 is 0 Å². The molecule has 0 bridgehead atoms. The van der Waals surface area contributed by atoms with Gasteiger partial charge in [-0.1, -0.05) is 77.9 Å². The van der Waals surface area contributed by atoms with Crippen molar-refractivity contribution in [2.24, 2.45) is 9.98 Å². The Morgan fingerprint density at radius 3 is 1.76 bits per heavy atom. The minimum atomic E-state index is -0.299. The van der Waals surface area contributed by atoms with Crippen molar-refractivity contribution in [3.05, 3.63) is 177 Å². The predicted octanol–water partition coefficient (Wildman–Crippen LogP) is 11.4. The first kappa shape index (κ1) is 37.1. The zero-order valence-electron chi connectivity index (χ0n) is 30.6. The summed E-state index contributed by atoms with van der Waals surface area (Å²) < 4.78 is 14.7. The predicted molar refractivity (Wildman–Crippen MR) is 225 cm³/mol. The van der Waals surface area contributed by atoms with Gasteiger partial charge in [0.25, 0.3) is 0 Å². The molecule has 275 valence electrons. The van der Waals surface area contributed by atoms with Gasteiger partial charge in [0.05, 0.1) is 0 Å². The van der Waals surface area contributed by atoms with Crippen LogP contribution in [-0.4, -0.2) is 27.5 Å². The second kappa shape index (κ2) is 15.7. The first-order valence-corrected chi connectivity index (χ1v) is 20.9. The Labute approximate surface area is 346 Å². The van der Waals surface area contributed by atoms with Crippen LogP contribution >= 0.6 is 31.9 Å². The summed E-state index contributed by atoms with van der Waals surface area (Å²) in [6.45, 7) is 8.44. The van der Waals surface area contributed by atoms with Crippen molar-refractivity contribution >= 4 is 53.3 Å². The van der Waals surface area contributed by atoms with Crippen molar-refractivity contribution < 1.29 is 28.7 Å². The van der Waals surface area contributed by atoms with E-state index in [9.17, 15) is 0 Å². The van der Waals surface area contributed by atoms with Crippen LogP contribution < -0.4 is 4.04 Å². The Kier molecular flexibility index (Phi) is 10.8. The van der Waals surface area contributed by atoms with Crippen LogP contribution in [0.4, 0.5) is 0 Å². The Hall–Kier alpha value is -3.86. The molecule has 7 heteroatoms. The summed E-state index contributed by atoms with van der Waals surface area (Å²) in [5.74, 6) is 1.26. The Bertz CT molecular complexity index is 2310. The third-order valence-corrected chi connectivity index (χ3v) is 13.6. The molecule has 2 heterocycles. The van der Waals surface area contributed by atoms with Crippen LogP contribution in [0.5, 0.6) is 0 Å². The maximum atomic E-state index is 6.85. The smallest absolute Gasteiger partial charge is 0.0589 e. The van der Waals surface area contributed by atoms with Crippen LogP contribution in [0.15, 0.2) is 143 Å². The van der Waals surface area contributed by atoms with Crippen molar-refractivity contribution in [3.8, 4) is 11.1 Å². The summed E-state index contributed by atoms with van der Waals surface area (Å²) in [7, 11) is 0. The molecule has 4 unspecified atom stereocenters. The molecule has 0 saturated heterocycles. The summed E-state index contributed by atoms with van der Waals surface area (Å²) in [6, 6.07) is 40.6. The molecule has 6 atom stereocenters. The average molecular weight is 932 g/mol. The van der Waals surface area contributed by atoms with Crippen LogP contribution in [-0.2, 0) is 28.7 Å². The summed E-state index contributed by atoms with van der Waals surface area (Å²) in [5.41, 5.74) is 14.0. The van der Waals surface area contributed by atoms with Gasteiger partial charge in [-0.25, -0.2) is 0 Å². The van der Waals surface area contributed by atoms with Crippen LogP contribution in [0.1, 0.15) is 69.2 Å². The molecule has 0 amide bonds. The molecule has 3 aliphatic rings. The third-order valence-electron chi connectivity index (χ3n) is 10.4. The number of halogens is 2. The summed E-state index contributed by atoms with van der Waals surface area (Å²) in [6.07, 6.45) is 4.34. The Morgan fingerprint density at radius 2 is 1.15 bits per heavy atom. The van der Waals surface area contributed by atoms with E-state index in [2.05, 4.69) is 206 Å². The van der Waals surface area contributed by atoms with E-state index in [1.807, 2.05) is 0 Å². The number of allylic oxidation sites excluding steroid dienone is 3. The molecule has 5 aromatic carbocycles. The number of rotatable bonds is 8. The fourth-order valence-corrected chi connectivity index (χ4v) is 9.24. The minimum absolute atomic E-state index is 0.0228.